The zero-order chi connectivity index (χ0) is 20.8. The third-order valence-corrected chi connectivity index (χ3v) is 6.10. The molecule has 0 radical (unpaired) electrons. The van der Waals surface area contributed by atoms with Crippen LogP contribution in [0.2, 0.25) is 0 Å². The van der Waals surface area contributed by atoms with E-state index in [1.165, 1.54) is 18.2 Å². The van der Waals surface area contributed by atoms with Gasteiger partial charge in [0, 0.05) is 59.4 Å². The van der Waals surface area contributed by atoms with Gasteiger partial charge in [-0.15, -0.1) is 0 Å². The number of benzene rings is 1. The Bertz CT molecular complexity index is 698. The number of carbonyl (C=O) groups excluding carboxylic acids is 1. The second-order valence-electron chi connectivity index (χ2n) is 8.31. The second-order valence-corrected chi connectivity index (χ2v) is 8.31. The first kappa shape index (κ1) is 21.6. The van der Waals surface area contributed by atoms with Gasteiger partial charge in [0.1, 0.15) is 0 Å². The SMILES string of the molecule is CN=C(NCc1ccc(CN2CCN(C)CC2)cc1)N1CC(C)C(C(=O)OC)C1. The summed E-state index contributed by atoms with van der Waals surface area (Å²) in [5.41, 5.74) is 2.59. The minimum atomic E-state index is -0.133. The number of nitrogens with one attached hydrogen (secondary N) is 1. The van der Waals surface area contributed by atoms with Gasteiger partial charge in [-0.2, -0.15) is 0 Å². The molecule has 2 heterocycles. The van der Waals surface area contributed by atoms with E-state index in [9.17, 15) is 4.79 Å². The number of likely N-dealkylation sites (tertiary alicyclic amines) is 1. The molecule has 0 aromatic heterocycles. The van der Waals surface area contributed by atoms with Crippen molar-refractivity contribution < 1.29 is 9.53 Å². The summed E-state index contributed by atoms with van der Waals surface area (Å²) in [5.74, 6) is 0.874. The molecular formula is C22H35N5O2. The molecule has 0 amide bonds. The van der Waals surface area contributed by atoms with E-state index in [1.54, 1.807) is 7.05 Å². The van der Waals surface area contributed by atoms with Crippen LogP contribution in [0.25, 0.3) is 0 Å². The maximum atomic E-state index is 11.9. The van der Waals surface area contributed by atoms with Gasteiger partial charge in [0.05, 0.1) is 13.0 Å². The maximum Gasteiger partial charge on any atom is 0.310 e. The Hall–Kier alpha value is -2.12. The van der Waals surface area contributed by atoms with E-state index in [1.807, 2.05) is 0 Å². The molecule has 2 fully saturated rings. The van der Waals surface area contributed by atoms with E-state index >= 15 is 0 Å². The third-order valence-electron chi connectivity index (χ3n) is 6.10. The quantitative estimate of drug-likeness (QED) is 0.455. The Kier molecular flexibility index (Phi) is 7.50. The average Bonchev–Trinajstić information content (AvgIpc) is 3.12. The molecule has 1 aromatic carbocycles. The van der Waals surface area contributed by atoms with Gasteiger partial charge >= 0.3 is 5.97 Å². The lowest BCUT2D eigenvalue weighted by Gasteiger charge is -2.32. The van der Waals surface area contributed by atoms with Crippen molar-refractivity contribution in [2.45, 2.75) is 20.0 Å². The molecule has 1 N–H and O–H groups in total. The van der Waals surface area contributed by atoms with Gasteiger partial charge in [0.25, 0.3) is 0 Å². The van der Waals surface area contributed by atoms with Crippen LogP contribution in [-0.2, 0) is 22.6 Å². The van der Waals surface area contributed by atoms with E-state index < -0.39 is 0 Å². The Morgan fingerprint density at radius 1 is 1.14 bits per heavy atom. The Balaban J connectivity index is 1.49. The number of nitrogens with zero attached hydrogens (tertiary/aromatic N) is 4. The molecule has 160 valence electrons. The zero-order valence-electron chi connectivity index (χ0n) is 18.2. The number of guanidine groups is 1. The van der Waals surface area contributed by atoms with Crippen LogP contribution >= 0.6 is 0 Å². The molecule has 0 aliphatic carbocycles. The summed E-state index contributed by atoms with van der Waals surface area (Å²) < 4.78 is 4.93. The van der Waals surface area contributed by atoms with Crippen LogP contribution < -0.4 is 5.32 Å². The standard InChI is InChI=1S/C22H35N5O2/c1-17-14-27(16-20(17)21(28)29-4)22(23-2)24-13-18-5-7-19(8-6-18)15-26-11-9-25(3)10-12-26/h5-8,17,20H,9-16H2,1-4H3,(H,23,24). The summed E-state index contributed by atoms with van der Waals surface area (Å²) in [7, 11) is 5.43. The number of hydrogen-bond acceptors (Lipinski definition) is 5. The van der Waals surface area contributed by atoms with Crippen molar-refractivity contribution in [3.8, 4) is 0 Å². The number of esters is 1. The van der Waals surface area contributed by atoms with Crippen molar-refractivity contribution in [1.82, 2.24) is 20.0 Å². The van der Waals surface area contributed by atoms with Gasteiger partial charge in [-0.3, -0.25) is 14.7 Å². The van der Waals surface area contributed by atoms with Crippen molar-refractivity contribution >= 4 is 11.9 Å². The fourth-order valence-corrected chi connectivity index (χ4v) is 4.14. The molecule has 7 nitrogen and oxygen atoms in total. The van der Waals surface area contributed by atoms with Crippen molar-refractivity contribution in [2.75, 3.05) is 60.5 Å². The lowest BCUT2D eigenvalue weighted by molar-refractivity contribution is -0.145. The Labute approximate surface area is 174 Å². The highest BCUT2D eigenvalue weighted by Crippen LogP contribution is 2.24. The molecule has 2 saturated heterocycles. The predicted molar refractivity (Wildman–Crippen MR) is 116 cm³/mol. The fraction of sp³-hybridized carbons (Fsp3) is 0.636. The lowest BCUT2D eigenvalue weighted by Crippen LogP contribution is -2.43. The highest BCUT2D eigenvalue weighted by Gasteiger charge is 2.36. The summed E-state index contributed by atoms with van der Waals surface area (Å²) in [5, 5.41) is 3.44. The van der Waals surface area contributed by atoms with Crippen molar-refractivity contribution in [1.29, 1.82) is 0 Å². The van der Waals surface area contributed by atoms with E-state index in [4.69, 9.17) is 4.74 Å². The molecule has 3 rings (SSSR count). The molecule has 2 unspecified atom stereocenters. The van der Waals surface area contributed by atoms with Gasteiger partial charge in [-0.25, -0.2) is 0 Å². The maximum absolute atomic E-state index is 11.9. The Morgan fingerprint density at radius 3 is 2.41 bits per heavy atom. The first-order chi connectivity index (χ1) is 14.0. The highest BCUT2D eigenvalue weighted by atomic mass is 16.5. The summed E-state index contributed by atoms with van der Waals surface area (Å²) in [6.45, 7) is 9.85. The number of ether oxygens (including phenoxy) is 1. The van der Waals surface area contributed by atoms with E-state index in [0.717, 1.165) is 51.8 Å². The first-order valence-corrected chi connectivity index (χ1v) is 10.5. The zero-order valence-corrected chi connectivity index (χ0v) is 18.2. The van der Waals surface area contributed by atoms with Crippen molar-refractivity contribution in [3.63, 3.8) is 0 Å². The molecule has 0 bridgehead atoms. The molecule has 0 spiro atoms. The number of hydrogen-bond donors (Lipinski definition) is 1. The molecule has 7 heteroatoms. The van der Waals surface area contributed by atoms with Gasteiger partial charge in [-0.1, -0.05) is 31.2 Å². The average molecular weight is 402 g/mol. The number of likely N-dealkylation sites (N-methyl/N-ethyl adjacent to an activating group) is 1. The predicted octanol–water partition coefficient (Wildman–Crippen LogP) is 1.25. The largest absolute Gasteiger partial charge is 0.469 e. The van der Waals surface area contributed by atoms with Crippen molar-refractivity contribution in [2.24, 2.45) is 16.8 Å². The van der Waals surface area contributed by atoms with Gasteiger partial charge in [0.15, 0.2) is 5.96 Å². The molecular weight excluding hydrogens is 366 g/mol. The van der Waals surface area contributed by atoms with E-state index in [0.29, 0.717) is 6.54 Å². The minimum absolute atomic E-state index is 0.0904. The van der Waals surface area contributed by atoms with Crippen LogP contribution in [0.5, 0.6) is 0 Å². The smallest absolute Gasteiger partial charge is 0.310 e. The van der Waals surface area contributed by atoms with Gasteiger partial charge in [-0.05, 0) is 24.1 Å². The second kappa shape index (κ2) is 10.1. The van der Waals surface area contributed by atoms with Crippen LogP contribution in [0.4, 0.5) is 0 Å². The number of aliphatic imine (C=N–C) groups is 1. The van der Waals surface area contributed by atoms with E-state index in [2.05, 4.69) is 63.2 Å². The van der Waals surface area contributed by atoms with Crippen LogP contribution in [0, 0.1) is 11.8 Å². The van der Waals surface area contributed by atoms with Crippen molar-refractivity contribution in [3.05, 3.63) is 35.4 Å². The fourth-order valence-electron chi connectivity index (χ4n) is 4.14. The molecule has 0 saturated carbocycles. The number of piperazine rings is 1. The summed E-state index contributed by atoms with van der Waals surface area (Å²) in [4.78, 5) is 23.4. The summed E-state index contributed by atoms with van der Waals surface area (Å²) >= 11 is 0. The summed E-state index contributed by atoms with van der Waals surface area (Å²) in [6.07, 6.45) is 0. The van der Waals surface area contributed by atoms with E-state index in [-0.39, 0.29) is 17.8 Å². The lowest BCUT2D eigenvalue weighted by atomic mass is 9.99. The third kappa shape index (κ3) is 5.70. The first-order valence-electron chi connectivity index (χ1n) is 10.5. The normalized spacial score (nSPS) is 24.0. The summed E-state index contributed by atoms with van der Waals surface area (Å²) in [6, 6.07) is 8.83. The Morgan fingerprint density at radius 2 is 1.79 bits per heavy atom. The molecule has 29 heavy (non-hydrogen) atoms. The molecule has 2 aliphatic heterocycles. The monoisotopic (exact) mass is 401 g/mol. The van der Waals surface area contributed by atoms with Gasteiger partial charge < -0.3 is 19.9 Å². The number of carbonyl (C=O) groups is 1. The molecule has 2 atom stereocenters. The minimum Gasteiger partial charge on any atom is -0.469 e. The number of methoxy groups -OCH3 is 1. The van der Waals surface area contributed by atoms with Crippen LogP contribution in [-0.4, -0.2) is 87.1 Å². The number of rotatable bonds is 5. The highest BCUT2D eigenvalue weighted by molar-refractivity contribution is 5.82. The van der Waals surface area contributed by atoms with Crippen LogP contribution in [0.15, 0.2) is 29.3 Å². The van der Waals surface area contributed by atoms with Crippen LogP contribution in [0.1, 0.15) is 18.1 Å². The van der Waals surface area contributed by atoms with Gasteiger partial charge in [0.2, 0.25) is 0 Å². The van der Waals surface area contributed by atoms with Crippen LogP contribution in [0.3, 0.4) is 0 Å². The molecule has 2 aliphatic rings. The topological polar surface area (TPSA) is 60.4 Å². The molecule has 1 aromatic rings.